The molecule has 8 heteroatoms. The van der Waals surface area contributed by atoms with Crippen LogP contribution in [-0.2, 0) is 9.59 Å². The first-order chi connectivity index (χ1) is 16.1. The van der Waals surface area contributed by atoms with Crippen LogP contribution in [0.5, 0.6) is 11.5 Å². The van der Waals surface area contributed by atoms with Crippen LogP contribution in [0.3, 0.4) is 0 Å². The number of carbonyl (C=O) groups excluding carboxylic acids is 2. The molecular weight excluding hydrogens is 420 g/mol. The number of fused-ring (bicyclic) bond motifs is 1. The Kier molecular flexibility index (Phi) is 7.67. The minimum Gasteiger partial charge on any atom is -0.497 e. The van der Waals surface area contributed by atoms with Gasteiger partial charge in [0.15, 0.2) is 0 Å². The first kappa shape index (κ1) is 22.9. The van der Waals surface area contributed by atoms with E-state index in [1.165, 1.54) is 10.6 Å². The highest BCUT2D eigenvalue weighted by Crippen LogP contribution is 2.30. The first-order valence-corrected chi connectivity index (χ1v) is 11.5. The molecule has 0 radical (unpaired) electrons. The maximum absolute atomic E-state index is 12.5. The van der Waals surface area contributed by atoms with Gasteiger partial charge in [0.25, 0.3) is 0 Å². The van der Waals surface area contributed by atoms with Crippen LogP contribution in [0.15, 0.2) is 48.5 Å². The van der Waals surface area contributed by atoms with Crippen molar-refractivity contribution in [2.75, 3.05) is 69.3 Å². The summed E-state index contributed by atoms with van der Waals surface area (Å²) in [7, 11) is 1.68. The van der Waals surface area contributed by atoms with Crippen LogP contribution in [0.4, 0.5) is 11.4 Å². The molecule has 2 aromatic carbocycles. The summed E-state index contributed by atoms with van der Waals surface area (Å²) in [6, 6.07) is 15.5. The largest absolute Gasteiger partial charge is 0.497 e. The molecular formula is C25H32N4O4. The number of hydrogen-bond donors (Lipinski definition) is 1. The molecule has 1 saturated heterocycles. The van der Waals surface area contributed by atoms with Crippen LogP contribution in [0.25, 0.3) is 0 Å². The van der Waals surface area contributed by atoms with Gasteiger partial charge in [0.2, 0.25) is 11.8 Å². The van der Waals surface area contributed by atoms with E-state index in [2.05, 4.69) is 27.2 Å². The van der Waals surface area contributed by atoms with E-state index in [9.17, 15) is 9.59 Å². The van der Waals surface area contributed by atoms with Crippen molar-refractivity contribution in [3.63, 3.8) is 0 Å². The number of amides is 2. The van der Waals surface area contributed by atoms with Crippen LogP contribution < -0.4 is 24.6 Å². The molecule has 176 valence electrons. The molecule has 0 atom stereocenters. The fraction of sp³-hybridized carbons (Fsp3) is 0.440. The zero-order valence-electron chi connectivity index (χ0n) is 19.2. The molecule has 1 N–H and O–H groups in total. The fourth-order valence-corrected chi connectivity index (χ4v) is 4.25. The molecule has 0 aromatic heterocycles. The second kappa shape index (κ2) is 11.0. The number of benzene rings is 2. The average Bonchev–Trinajstić information content (AvgIpc) is 3.01. The second-order valence-electron chi connectivity index (χ2n) is 8.28. The third-order valence-corrected chi connectivity index (χ3v) is 6.12. The Hall–Kier alpha value is -3.26. The van der Waals surface area contributed by atoms with E-state index in [1.807, 2.05) is 36.4 Å². The van der Waals surface area contributed by atoms with Gasteiger partial charge < -0.3 is 19.7 Å². The molecule has 0 unspecified atom stereocenters. The number of hydrogen-bond acceptors (Lipinski definition) is 6. The van der Waals surface area contributed by atoms with Gasteiger partial charge in [0, 0.05) is 38.4 Å². The predicted molar refractivity (Wildman–Crippen MR) is 128 cm³/mol. The van der Waals surface area contributed by atoms with Gasteiger partial charge in [-0.25, -0.2) is 0 Å². The molecule has 0 aliphatic carbocycles. The van der Waals surface area contributed by atoms with Crippen molar-refractivity contribution < 1.29 is 19.1 Å². The third kappa shape index (κ3) is 5.96. The highest BCUT2D eigenvalue weighted by molar-refractivity contribution is 6.00. The van der Waals surface area contributed by atoms with Gasteiger partial charge in [0.1, 0.15) is 18.0 Å². The van der Waals surface area contributed by atoms with E-state index in [0.29, 0.717) is 24.6 Å². The molecule has 2 aliphatic heterocycles. The monoisotopic (exact) mass is 452 g/mol. The number of nitrogens with one attached hydrogen (secondary N) is 1. The maximum Gasteiger partial charge on any atom is 0.240 e. The molecule has 2 aliphatic rings. The SMILES string of the molecule is COc1ccc(N2CCN(CCCNC(=O)CN3C(=O)CCOc4ccccc43)CC2)cc1. The van der Waals surface area contributed by atoms with E-state index < -0.39 is 0 Å². The highest BCUT2D eigenvalue weighted by atomic mass is 16.5. The van der Waals surface area contributed by atoms with Gasteiger partial charge in [-0.3, -0.25) is 19.4 Å². The van der Waals surface area contributed by atoms with Crippen molar-refractivity contribution in [1.82, 2.24) is 10.2 Å². The molecule has 0 spiro atoms. The fourth-order valence-electron chi connectivity index (χ4n) is 4.25. The molecule has 0 saturated carbocycles. The van der Waals surface area contributed by atoms with Crippen molar-refractivity contribution in [3.05, 3.63) is 48.5 Å². The number of carbonyl (C=O) groups is 2. The number of piperazine rings is 1. The Bertz CT molecular complexity index is 942. The molecule has 4 rings (SSSR count). The summed E-state index contributed by atoms with van der Waals surface area (Å²) in [5, 5.41) is 2.96. The van der Waals surface area contributed by atoms with Crippen molar-refractivity contribution in [2.45, 2.75) is 12.8 Å². The normalized spacial score (nSPS) is 16.6. The minimum atomic E-state index is -0.149. The Morgan fingerprint density at radius 1 is 1.06 bits per heavy atom. The summed E-state index contributed by atoms with van der Waals surface area (Å²) in [5.74, 6) is 1.27. The first-order valence-electron chi connectivity index (χ1n) is 11.5. The number of nitrogens with zero attached hydrogens (tertiary/aromatic N) is 3. The predicted octanol–water partition coefficient (Wildman–Crippen LogP) is 2.14. The third-order valence-electron chi connectivity index (χ3n) is 6.12. The Morgan fingerprint density at radius 3 is 2.58 bits per heavy atom. The van der Waals surface area contributed by atoms with E-state index in [-0.39, 0.29) is 24.8 Å². The molecule has 1 fully saturated rings. The second-order valence-corrected chi connectivity index (χ2v) is 8.28. The van der Waals surface area contributed by atoms with E-state index in [0.717, 1.165) is 44.9 Å². The molecule has 2 amide bonds. The Morgan fingerprint density at radius 2 is 1.82 bits per heavy atom. The summed E-state index contributed by atoms with van der Waals surface area (Å²) in [5.41, 5.74) is 1.88. The van der Waals surface area contributed by atoms with Crippen molar-refractivity contribution in [2.24, 2.45) is 0 Å². The van der Waals surface area contributed by atoms with Crippen molar-refractivity contribution in [3.8, 4) is 11.5 Å². The molecule has 0 bridgehead atoms. The van der Waals surface area contributed by atoms with Gasteiger partial charge in [-0.2, -0.15) is 0 Å². The van der Waals surface area contributed by atoms with E-state index in [4.69, 9.17) is 9.47 Å². The highest BCUT2D eigenvalue weighted by Gasteiger charge is 2.25. The number of ether oxygens (including phenoxy) is 2. The van der Waals surface area contributed by atoms with Crippen molar-refractivity contribution >= 4 is 23.2 Å². The minimum absolute atomic E-state index is 0.0136. The molecule has 8 nitrogen and oxygen atoms in total. The lowest BCUT2D eigenvalue weighted by molar-refractivity contribution is -0.123. The van der Waals surface area contributed by atoms with Gasteiger partial charge in [-0.05, 0) is 49.4 Å². The number of methoxy groups -OCH3 is 1. The van der Waals surface area contributed by atoms with Crippen LogP contribution >= 0.6 is 0 Å². The summed E-state index contributed by atoms with van der Waals surface area (Å²) < 4.78 is 10.9. The lowest BCUT2D eigenvalue weighted by Gasteiger charge is -2.36. The number of anilines is 2. The van der Waals surface area contributed by atoms with E-state index >= 15 is 0 Å². The standard InChI is InChI=1S/C25H32N4O4/c1-32-21-9-7-20(8-10-21)28-16-14-27(15-17-28)13-4-12-26-24(30)19-29-22-5-2-3-6-23(22)33-18-11-25(29)31/h2-3,5-10H,4,11-19H2,1H3,(H,26,30). The van der Waals surface area contributed by atoms with Gasteiger partial charge >= 0.3 is 0 Å². The molecule has 2 aromatic rings. The van der Waals surface area contributed by atoms with Crippen LogP contribution in [0.2, 0.25) is 0 Å². The quantitative estimate of drug-likeness (QED) is 0.619. The van der Waals surface area contributed by atoms with Gasteiger partial charge in [-0.15, -0.1) is 0 Å². The van der Waals surface area contributed by atoms with Crippen LogP contribution in [0, 0.1) is 0 Å². The van der Waals surface area contributed by atoms with Crippen LogP contribution in [0.1, 0.15) is 12.8 Å². The average molecular weight is 453 g/mol. The lowest BCUT2D eigenvalue weighted by Crippen LogP contribution is -2.47. The number of para-hydroxylation sites is 2. The zero-order chi connectivity index (χ0) is 23.0. The van der Waals surface area contributed by atoms with Crippen molar-refractivity contribution in [1.29, 1.82) is 0 Å². The molecule has 2 heterocycles. The van der Waals surface area contributed by atoms with Gasteiger partial charge in [-0.1, -0.05) is 12.1 Å². The smallest absolute Gasteiger partial charge is 0.240 e. The Labute approximate surface area is 195 Å². The molecule has 33 heavy (non-hydrogen) atoms. The number of rotatable bonds is 8. The Balaban J connectivity index is 1.17. The summed E-state index contributed by atoms with van der Waals surface area (Å²) in [4.78, 5) is 31.3. The zero-order valence-corrected chi connectivity index (χ0v) is 19.2. The summed E-state index contributed by atoms with van der Waals surface area (Å²) >= 11 is 0. The van der Waals surface area contributed by atoms with E-state index in [1.54, 1.807) is 7.11 Å². The lowest BCUT2D eigenvalue weighted by atomic mass is 10.2. The summed E-state index contributed by atoms with van der Waals surface area (Å²) in [6.45, 7) is 5.85. The van der Waals surface area contributed by atoms with Crippen LogP contribution in [-0.4, -0.2) is 76.2 Å². The van der Waals surface area contributed by atoms with Gasteiger partial charge in [0.05, 0.1) is 25.8 Å². The topological polar surface area (TPSA) is 74.4 Å². The maximum atomic E-state index is 12.5. The summed E-state index contributed by atoms with van der Waals surface area (Å²) in [6.07, 6.45) is 1.15.